The van der Waals surface area contributed by atoms with Gasteiger partial charge in [-0.2, -0.15) is 0 Å². The summed E-state index contributed by atoms with van der Waals surface area (Å²) >= 11 is 0. The first-order chi connectivity index (χ1) is 6.00. The molecule has 1 amide bonds. The fraction of sp³-hybridized carbons (Fsp3) is 0.889. The zero-order valence-corrected chi connectivity index (χ0v) is 8.23. The van der Waals surface area contributed by atoms with E-state index in [1.165, 1.54) is 0 Å². The van der Waals surface area contributed by atoms with Crippen LogP contribution >= 0.6 is 0 Å². The van der Waals surface area contributed by atoms with Crippen LogP contribution in [0.4, 0.5) is 0 Å². The van der Waals surface area contributed by atoms with Crippen molar-refractivity contribution in [2.24, 2.45) is 11.7 Å². The summed E-state index contributed by atoms with van der Waals surface area (Å²) in [6.45, 7) is 4.98. The monoisotopic (exact) mass is 186 g/mol. The van der Waals surface area contributed by atoms with Crippen LogP contribution in [-0.2, 0) is 4.79 Å². The number of carbonyl (C=O) groups is 1. The third kappa shape index (κ3) is 2.67. The Kier molecular flexibility index (Phi) is 3.27. The van der Waals surface area contributed by atoms with Gasteiger partial charge in [-0.1, -0.05) is 13.8 Å². The molecule has 0 radical (unpaired) electrons. The molecule has 3 N–H and O–H groups in total. The van der Waals surface area contributed by atoms with Crippen LogP contribution in [0.3, 0.4) is 0 Å². The molecule has 13 heavy (non-hydrogen) atoms. The molecule has 0 aromatic rings. The molecule has 1 fully saturated rings. The third-order valence-corrected chi connectivity index (χ3v) is 2.22. The van der Waals surface area contributed by atoms with Gasteiger partial charge in [0, 0.05) is 13.1 Å². The summed E-state index contributed by atoms with van der Waals surface area (Å²) in [4.78, 5) is 13.1. The highest BCUT2D eigenvalue weighted by Gasteiger charge is 2.31. The van der Waals surface area contributed by atoms with E-state index in [0.717, 1.165) is 0 Å². The topological polar surface area (TPSA) is 66.6 Å². The van der Waals surface area contributed by atoms with Crippen LogP contribution in [-0.4, -0.2) is 41.1 Å². The van der Waals surface area contributed by atoms with E-state index in [2.05, 4.69) is 0 Å². The van der Waals surface area contributed by atoms with Gasteiger partial charge < -0.3 is 15.7 Å². The highest BCUT2D eigenvalue weighted by atomic mass is 16.3. The maximum atomic E-state index is 11.5. The van der Waals surface area contributed by atoms with Gasteiger partial charge in [-0.15, -0.1) is 0 Å². The van der Waals surface area contributed by atoms with Crippen molar-refractivity contribution in [3.05, 3.63) is 0 Å². The van der Waals surface area contributed by atoms with E-state index >= 15 is 0 Å². The van der Waals surface area contributed by atoms with Gasteiger partial charge in [0.1, 0.15) is 0 Å². The maximum absolute atomic E-state index is 11.5. The summed E-state index contributed by atoms with van der Waals surface area (Å²) in [5, 5.41) is 9.00. The van der Waals surface area contributed by atoms with Crippen molar-refractivity contribution in [2.75, 3.05) is 13.1 Å². The lowest BCUT2D eigenvalue weighted by Crippen LogP contribution is -2.58. The summed E-state index contributed by atoms with van der Waals surface area (Å²) < 4.78 is 0. The van der Waals surface area contributed by atoms with E-state index in [1.807, 2.05) is 13.8 Å². The summed E-state index contributed by atoms with van der Waals surface area (Å²) in [7, 11) is 0. The molecular weight excluding hydrogens is 168 g/mol. The molecule has 0 aromatic heterocycles. The highest BCUT2D eigenvalue weighted by molar-refractivity contribution is 5.82. The van der Waals surface area contributed by atoms with Crippen LogP contribution in [0.2, 0.25) is 0 Å². The first kappa shape index (κ1) is 10.5. The lowest BCUT2D eigenvalue weighted by Gasteiger charge is -2.37. The van der Waals surface area contributed by atoms with Crippen molar-refractivity contribution in [2.45, 2.75) is 32.4 Å². The summed E-state index contributed by atoms with van der Waals surface area (Å²) in [5.74, 6) is 0.407. The molecule has 0 saturated carbocycles. The van der Waals surface area contributed by atoms with E-state index in [9.17, 15) is 4.79 Å². The molecule has 0 aliphatic carbocycles. The summed E-state index contributed by atoms with van der Waals surface area (Å²) in [6, 6.07) is -0.396. The molecule has 1 saturated heterocycles. The fourth-order valence-electron chi connectivity index (χ4n) is 1.48. The molecule has 0 spiro atoms. The third-order valence-electron chi connectivity index (χ3n) is 2.22. The molecule has 0 unspecified atom stereocenters. The largest absolute Gasteiger partial charge is 0.389 e. The Hall–Kier alpha value is -0.610. The predicted molar refractivity (Wildman–Crippen MR) is 50.0 cm³/mol. The quantitative estimate of drug-likeness (QED) is 0.628. The normalized spacial score (nSPS) is 20.2. The van der Waals surface area contributed by atoms with Gasteiger partial charge in [-0.3, -0.25) is 4.79 Å². The Bertz CT molecular complexity index is 188. The lowest BCUT2D eigenvalue weighted by atomic mass is 10.0. The van der Waals surface area contributed by atoms with Crippen molar-refractivity contribution in [1.82, 2.24) is 4.90 Å². The van der Waals surface area contributed by atoms with E-state index in [0.29, 0.717) is 25.4 Å². The first-order valence-corrected chi connectivity index (χ1v) is 4.73. The van der Waals surface area contributed by atoms with Gasteiger partial charge in [0.05, 0.1) is 12.1 Å². The summed E-state index contributed by atoms with van der Waals surface area (Å²) in [5.41, 5.74) is 5.70. The Morgan fingerprint density at radius 3 is 2.54 bits per heavy atom. The minimum Gasteiger partial charge on any atom is -0.389 e. The number of hydrogen-bond acceptors (Lipinski definition) is 3. The van der Waals surface area contributed by atoms with E-state index < -0.39 is 6.04 Å². The number of hydrogen-bond donors (Lipinski definition) is 2. The van der Waals surface area contributed by atoms with E-state index in [-0.39, 0.29) is 12.0 Å². The number of carbonyl (C=O) groups excluding carboxylic acids is 1. The highest BCUT2D eigenvalue weighted by Crippen LogP contribution is 2.12. The number of nitrogens with two attached hydrogens (primary N) is 1. The first-order valence-electron chi connectivity index (χ1n) is 4.73. The van der Waals surface area contributed by atoms with Crippen molar-refractivity contribution >= 4 is 5.91 Å². The van der Waals surface area contributed by atoms with E-state index in [4.69, 9.17) is 10.8 Å². The summed E-state index contributed by atoms with van der Waals surface area (Å²) in [6.07, 6.45) is 0.376. The van der Waals surface area contributed by atoms with Crippen LogP contribution in [0.25, 0.3) is 0 Å². The predicted octanol–water partition coefficient (Wildman–Crippen LogP) is -0.437. The second-order valence-electron chi connectivity index (χ2n) is 4.13. The van der Waals surface area contributed by atoms with Gasteiger partial charge in [0.15, 0.2) is 0 Å². The van der Waals surface area contributed by atoms with Crippen LogP contribution in [0.5, 0.6) is 0 Å². The van der Waals surface area contributed by atoms with Crippen molar-refractivity contribution < 1.29 is 9.90 Å². The van der Waals surface area contributed by atoms with Gasteiger partial charge in [-0.25, -0.2) is 0 Å². The van der Waals surface area contributed by atoms with Crippen LogP contribution in [0, 0.1) is 5.92 Å². The van der Waals surface area contributed by atoms with Crippen molar-refractivity contribution in [3.63, 3.8) is 0 Å². The number of likely N-dealkylation sites (tertiary alicyclic amines) is 1. The maximum Gasteiger partial charge on any atom is 0.239 e. The molecule has 1 aliphatic rings. The van der Waals surface area contributed by atoms with Crippen LogP contribution in [0.1, 0.15) is 20.3 Å². The molecule has 76 valence electrons. The zero-order valence-electron chi connectivity index (χ0n) is 8.23. The minimum atomic E-state index is -0.396. The second kappa shape index (κ2) is 4.07. The Morgan fingerprint density at radius 1 is 1.62 bits per heavy atom. The lowest BCUT2D eigenvalue weighted by molar-refractivity contribution is -0.143. The van der Waals surface area contributed by atoms with E-state index in [1.54, 1.807) is 4.90 Å². The standard InChI is InChI=1S/C9H18N2O2/c1-6(2)3-8(10)9(13)11-4-7(12)5-11/h6-8,12H,3-5,10H2,1-2H3/t8-/m0/s1. The molecule has 4 nitrogen and oxygen atoms in total. The van der Waals surface area contributed by atoms with Crippen LogP contribution in [0.15, 0.2) is 0 Å². The molecule has 4 heteroatoms. The number of β-amino-alcohol motifs (C(OH)–C–C–N with tert-alkyl or cyclic N) is 1. The number of amides is 1. The average molecular weight is 186 g/mol. The molecule has 0 bridgehead atoms. The van der Waals surface area contributed by atoms with Crippen LogP contribution < -0.4 is 5.73 Å². The molecule has 1 aliphatic heterocycles. The molecule has 1 atom stereocenters. The second-order valence-corrected chi connectivity index (χ2v) is 4.13. The molecular formula is C9H18N2O2. The SMILES string of the molecule is CC(C)C[C@H](N)C(=O)N1CC(O)C1. The van der Waals surface area contributed by atoms with Crippen molar-refractivity contribution in [3.8, 4) is 0 Å². The zero-order chi connectivity index (χ0) is 10.0. The number of rotatable bonds is 3. The van der Waals surface area contributed by atoms with Gasteiger partial charge in [0.2, 0.25) is 5.91 Å². The van der Waals surface area contributed by atoms with Gasteiger partial charge in [-0.05, 0) is 12.3 Å². The minimum absolute atomic E-state index is 0.0287. The Labute approximate surface area is 78.7 Å². The molecule has 0 aromatic carbocycles. The Balaban J connectivity index is 2.30. The smallest absolute Gasteiger partial charge is 0.239 e. The van der Waals surface area contributed by atoms with Gasteiger partial charge in [0.25, 0.3) is 0 Å². The number of aliphatic hydroxyl groups is 1. The van der Waals surface area contributed by atoms with Gasteiger partial charge >= 0.3 is 0 Å². The average Bonchev–Trinajstić information content (AvgIpc) is 1.96. The molecule has 1 rings (SSSR count). The number of nitrogens with zero attached hydrogens (tertiary/aromatic N) is 1. The number of aliphatic hydroxyl groups excluding tert-OH is 1. The molecule has 1 heterocycles. The fourth-order valence-corrected chi connectivity index (χ4v) is 1.48. The Morgan fingerprint density at radius 2 is 2.15 bits per heavy atom. The van der Waals surface area contributed by atoms with Crippen molar-refractivity contribution in [1.29, 1.82) is 0 Å².